The highest BCUT2D eigenvalue weighted by Gasteiger charge is 2.22. The van der Waals surface area contributed by atoms with Gasteiger partial charge in [-0.25, -0.2) is 0 Å². The molecule has 3 aromatic carbocycles. The molecular weight excluding hydrogens is 390 g/mol. The summed E-state index contributed by atoms with van der Waals surface area (Å²) in [6.07, 6.45) is 0. The fourth-order valence-corrected chi connectivity index (χ4v) is 3.96. The predicted molar refractivity (Wildman–Crippen MR) is 121 cm³/mol. The number of piperazine rings is 1. The third-order valence-electron chi connectivity index (χ3n) is 5.73. The zero-order valence-corrected chi connectivity index (χ0v) is 17.7. The molecule has 1 N–H and O–H groups in total. The molecule has 4 rings (SSSR count). The fraction of sp³-hybridized carbons (Fsp3) is 0.280. The number of amides is 2. The summed E-state index contributed by atoms with van der Waals surface area (Å²) >= 11 is 0. The molecule has 0 spiro atoms. The van der Waals surface area contributed by atoms with Crippen LogP contribution in [0, 0.1) is 0 Å². The van der Waals surface area contributed by atoms with Crippen molar-refractivity contribution in [1.82, 2.24) is 15.1 Å². The van der Waals surface area contributed by atoms with E-state index >= 15 is 0 Å². The zero-order chi connectivity index (χ0) is 21.6. The van der Waals surface area contributed by atoms with E-state index in [0.29, 0.717) is 24.4 Å². The van der Waals surface area contributed by atoms with Crippen LogP contribution in [0.5, 0.6) is 5.75 Å². The van der Waals surface area contributed by atoms with E-state index in [9.17, 15) is 9.59 Å². The molecule has 1 aliphatic heterocycles. The monoisotopic (exact) mass is 417 g/mol. The molecule has 0 bridgehead atoms. The van der Waals surface area contributed by atoms with Crippen molar-refractivity contribution in [3.63, 3.8) is 0 Å². The van der Waals surface area contributed by atoms with E-state index in [1.165, 1.54) is 16.3 Å². The van der Waals surface area contributed by atoms with Gasteiger partial charge in [-0.15, -0.1) is 0 Å². The number of rotatable bonds is 6. The van der Waals surface area contributed by atoms with Crippen LogP contribution in [-0.2, 0) is 11.3 Å². The van der Waals surface area contributed by atoms with E-state index in [1.807, 2.05) is 4.90 Å². The number of ether oxygens (including phenoxy) is 1. The Kier molecular flexibility index (Phi) is 6.48. The highest BCUT2D eigenvalue weighted by Crippen LogP contribution is 2.20. The van der Waals surface area contributed by atoms with Crippen LogP contribution in [-0.4, -0.2) is 61.4 Å². The molecule has 0 aliphatic carbocycles. The third-order valence-corrected chi connectivity index (χ3v) is 5.73. The molecule has 0 aromatic heterocycles. The van der Waals surface area contributed by atoms with Gasteiger partial charge in [0.1, 0.15) is 5.75 Å². The number of hydrogen-bond donors (Lipinski definition) is 1. The lowest BCUT2D eigenvalue weighted by atomic mass is 10.0. The fourth-order valence-electron chi connectivity index (χ4n) is 3.96. The highest BCUT2D eigenvalue weighted by molar-refractivity contribution is 5.96. The highest BCUT2D eigenvalue weighted by atomic mass is 16.5. The molecule has 1 saturated heterocycles. The normalized spacial score (nSPS) is 14.4. The second kappa shape index (κ2) is 9.62. The maximum Gasteiger partial charge on any atom is 0.251 e. The van der Waals surface area contributed by atoms with Crippen LogP contribution in [0.2, 0.25) is 0 Å². The Morgan fingerprint density at radius 1 is 0.935 bits per heavy atom. The Labute approximate surface area is 182 Å². The molecule has 6 heteroatoms. The molecule has 3 aromatic rings. The van der Waals surface area contributed by atoms with Crippen molar-refractivity contribution in [2.24, 2.45) is 0 Å². The zero-order valence-electron chi connectivity index (χ0n) is 17.7. The number of nitrogens with zero attached hydrogens (tertiary/aromatic N) is 2. The molecular formula is C25H27N3O3. The van der Waals surface area contributed by atoms with Crippen molar-refractivity contribution in [2.45, 2.75) is 6.54 Å². The first kappa shape index (κ1) is 20.9. The lowest BCUT2D eigenvalue weighted by molar-refractivity contribution is -0.131. The van der Waals surface area contributed by atoms with Gasteiger partial charge >= 0.3 is 0 Å². The summed E-state index contributed by atoms with van der Waals surface area (Å²) in [5.74, 6) is 0.282. The smallest absolute Gasteiger partial charge is 0.251 e. The first-order valence-corrected chi connectivity index (χ1v) is 10.5. The minimum atomic E-state index is -0.276. The summed E-state index contributed by atoms with van der Waals surface area (Å²) < 4.78 is 5.14. The van der Waals surface area contributed by atoms with E-state index < -0.39 is 0 Å². The Morgan fingerprint density at radius 3 is 2.48 bits per heavy atom. The van der Waals surface area contributed by atoms with Crippen LogP contribution in [0.15, 0.2) is 66.7 Å². The quantitative estimate of drug-likeness (QED) is 0.670. The van der Waals surface area contributed by atoms with Gasteiger partial charge in [0.15, 0.2) is 0 Å². The average Bonchev–Trinajstić information content (AvgIpc) is 2.83. The molecule has 1 heterocycles. The second-order valence-corrected chi connectivity index (χ2v) is 7.71. The molecule has 2 amide bonds. The first-order chi connectivity index (χ1) is 15.1. The average molecular weight is 418 g/mol. The summed E-state index contributed by atoms with van der Waals surface area (Å²) in [6, 6.07) is 21.7. The van der Waals surface area contributed by atoms with Gasteiger partial charge in [0.2, 0.25) is 5.91 Å². The van der Waals surface area contributed by atoms with Crippen LogP contribution in [0.1, 0.15) is 15.9 Å². The maximum atomic E-state index is 12.6. The van der Waals surface area contributed by atoms with Crippen LogP contribution in [0.3, 0.4) is 0 Å². The second-order valence-electron chi connectivity index (χ2n) is 7.71. The molecule has 0 saturated carbocycles. The molecule has 1 fully saturated rings. The molecule has 0 unspecified atom stereocenters. The van der Waals surface area contributed by atoms with Crippen molar-refractivity contribution in [2.75, 3.05) is 39.8 Å². The largest absolute Gasteiger partial charge is 0.497 e. The summed E-state index contributed by atoms with van der Waals surface area (Å²) in [5.41, 5.74) is 1.79. The van der Waals surface area contributed by atoms with E-state index in [0.717, 1.165) is 19.6 Å². The topological polar surface area (TPSA) is 61.9 Å². The number of carbonyl (C=O) groups excluding carboxylic acids is 2. The molecule has 31 heavy (non-hydrogen) atoms. The predicted octanol–water partition coefficient (Wildman–Crippen LogP) is 2.92. The van der Waals surface area contributed by atoms with Crippen molar-refractivity contribution in [3.8, 4) is 5.75 Å². The third kappa shape index (κ3) is 5.03. The van der Waals surface area contributed by atoms with Gasteiger partial charge in [0.05, 0.1) is 13.7 Å². The minimum Gasteiger partial charge on any atom is -0.497 e. The van der Waals surface area contributed by atoms with Crippen molar-refractivity contribution in [1.29, 1.82) is 0 Å². The first-order valence-electron chi connectivity index (χ1n) is 10.5. The van der Waals surface area contributed by atoms with Gasteiger partial charge in [-0.05, 0) is 34.5 Å². The number of benzene rings is 3. The van der Waals surface area contributed by atoms with Gasteiger partial charge in [-0.2, -0.15) is 0 Å². The van der Waals surface area contributed by atoms with Crippen molar-refractivity contribution >= 4 is 22.6 Å². The Balaban J connectivity index is 1.27. The summed E-state index contributed by atoms with van der Waals surface area (Å²) in [7, 11) is 1.56. The van der Waals surface area contributed by atoms with E-state index in [4.69, 9.17) is 4.74 Å². The SMILES string of the molecule is COc1cccc(C(=O)NCC(=O)N2CCN(Cc3cccc4ccccc34)CC2)c1. The number of fused-ring (bicyclic) bond motifs is 1. The van der Waals surface area contributed by atoms with Gasteiger partial charge < -0.3 is 15.0 Å². The lowest BCUT2D eigenvalue weighted by Crippen LogP contribution is -2.50. The molecule has 0 atom stereocenters. The number of methoxy groups -OCH3 is 1. The molecule has 0 radical (unpaired) electrons. The van der Waals surface area contributed by atoms with Gasteiger partial charge in [-0.3, -0.25) is 14.5 Å². The van der Waals surface area contributed by atoms with Crippen LogP contribution in [0.4, 0.5) is 0 Å². The minimum absolute atomic E-state index is 0.000629. The van der Waals surface area contributed by atoms with Crippen LogP contribution >= 0.6 is 0 Å². The summed E-state index contributed by atoms with van der Waals surface area (Å²) in [5, 5.41) is 5.25. The molecule has 160 valence electrons. The Hall–Kier alpha value is -3.38. The number of hydrogen-bond acceptors (Lipinski definition) is 4. The van der Waals surface area contributed by atoms with Crippen molar-refractivity contribution < 1.29 is 14.3 Å². The summed E-state index contributed by atoms with van der Waals surface area (Å²) in [6.45, 7) is 3.84. The number of nitrogens with one attached hydrogen (secondary N) is 1. The number of carbonyl (C=O) groups is 2. The lowest BCUT2D eigenvalue weighted by Gasteiger charge is -2.35. The maximum absolute atomic E-state index is 12.6. The van der Waals surface area contributed by atoms with E-state index in [1.54, 1.807) is 31.4 Å². The summed E-state index contributed by atoms with van der Waals surface area (Å²) in [4.78, 5) is 29.1. The van der Waals surface area contributed by atoms with E-state index in [2.05, 4.69) is 52.7 Å². The Morgan fingerprint density at radius 2 is 1.68 bits per heavy atom. The standard InChI is InChI=1S/C25H27N3O3/c1-31-22-10-5-8-20(16-22)25(30)26-17-24(29)28-14-12-27(13-15-28)18-21-9-4-7-19-6-2-3-11-23(19)21/h2-11,16H,12-15,17-18H2,1H3,(H,26,30). The molecule has 1 aliphatic rings. The van der Waals surface area contributed by atoms with Gasteiger partial charge in [0.25, 0.3) is 5.91 Å². The Bertz CT molecular complexity index is 1070. The van der Waals surface area contributed by atoms with Crippen LogP contribution < -0.4 is 10.1 Å². The van der Waals surface area contributed by atoms with E-state index in [-0.39, 0.29) is 18.4 Å². The van der Waals surface area contributed by atoms with Crippen molar-refractivity contribution in [3.05, 3.63) is 77.9 Å². The molecule has 6 nitrogen and oxygen atoms in total. The van der Waals surface area contributed by atoms with Gasteiger partial charge in [-0.1, -0.05) is 48.5 Å². The van der Waals surface area contributed by atoms with Gasteiger partial charge in [0, 0.05) is 38.3 Å². The van der Waals surface area contributed by atoms with Crippen LogP contribution in [0.25, 0.3) is 10.8 Å².